The van der Waals surface area contributed by atoms with Crippen LogP contribution in [0.4, 0.5) is 8.78 Å². The van der Waals surface area contributed by atoms with E-state index in [1.165, 1.54) is 13.0 Å². The standard InChI is InChI=1S/C17H13F2NO/c1-10-4-3-5-12(8-10)13(9-20)17(21)15-14(18)7-6-11(2)16(15)19/h3-8,13H,1-2H3. The van der Waals surface area contributed by atoms with E-state index in [1.54, 1.807) is 18.2 Å². The van der Waals surface area contributed by atoms with Gasteiger partial charge in [0.05, 0.1) is 11.6 Å². The molecule has 2 aromatic carbocycles. The summed E-state index contributed by atoms with van der Waals surface area (Å²) in [4.78, 5) is 12.4. The summed E-state index contributed by atoms with van der Waals surface area (Å²) in [5, 5.41) is 9.24. The van der Waals surface area contributed by atoms with E-state index >= 15 is 0 Å². The third kappa shape index (κ3) is 2.82. The number of hydrogen-bond donors (Lipinski definition) is 0. The fraction of sp³-hybridized carbons (Fsp3) is 0.176. The number of nitriles is 1. The van der Waals surface area contributed by atoms with Crippen molar-refractivity contribution in [2.75, 3.05) is 0 Å². The lowest BCUT2D eigenvalue weighted by molar-refractivity contribution is 0.0970. The Morgan fingerprint density at radius 3 is 2.52 bits per heavy atom. The van der Waals surface area contributed by atoms with Gasteiger partial charge in [-0.05, 0) is 31.0 Å². The number of benzene rings is 2. The second-order valence-corrected chi connectivity index (χ2v) is 4.89. The van der Waals surface area contributed by atoms with Gasteiger partial charge in [0.15, 0.2) is 5.78 Å². The highest BCUT2D eigenvalue weighted by atomic mass is 19.1. The first-order valence-electron chi connectivity index (χ1n) is 6.40. The molecule has 2 nitrogen and oxygen atoms in total. The Kier molecular flexibility index (Phi) is 4.13. The SMILES string of the molecule is Cc1cccc(C(C#N)C(=O)c2c(F)ccc(C)c2F)c1. The minimum atomic E-state index is -1.23. The molecular formula is C17H13F2NO. The molecule has 4 heteroatoms. The molecule has 0 heterocycles. The van der Waals surface area contributed by atoms with Gasteiger partial charge in [0.2, 0.25) is 0 Å². The van der Waals surface area contributed by atoms with E-state index in [2.05, 4.69) is 0 Å². The highest BCUT2D eigenvalue weighted by Crippen LogP contribution is 2.25. The Morgan fingerprint density at radius 2 is 1.90 bits per heavy atom. The molecule has 0 N–H and O–H groups in total. The van der Waals surface area contributed by atoms with Crippen LogP contribution in [0.25, 0.3) is 0 Å². The fourth-order valence-electron chi connectivity index (χ4n) is 2.16. The van der Waals surface area contributed by atoms with Crippen molar-refractivity contribution in [1.29, 1.82) is 5.26 Å². The maximum atomic E-state index is 14.0. The minimum Gasteiger partial charge on any atom is -0.292 e. The van der Waals surface area contributed by atoms with Crippen molar-refractivity contribution in [3.05, 3.63) is 70.3 Å². The van der Waals surface area contributed by atoms with Gasteiger partial charge in [0.1, 0.15) is 17.6 Å². The van der Waals surface area contributed by atoms with Crippen LogP contribution in [0.3, 0.4) is 0 Å². The summed E-state index contributed by atoms with van der Waals surface area (Å²) in [6, 6.07) is 10.9. The molecule has 0 spiro atoms. The number of halogens is 2. The molecule has 2 aromatic rings. The smallest absolute Gasteiger partial charge is 0.190 e. The molecule has 0 aliphatic heterocycles. The maximum Gasteiger partial charge on any atom is 0.190 e. The first-order chi connectivity index (χ1) is 9.95. The molecule has 0 aliphatic rings. The van der Waals surface area contributed by atoms with Crippen LogP contribution in [-0.2, 0) is 0 Å². The van der Waals surface area contributed by atoms with Crippen molar-refractivity contribution < 1.29 is 13.6 Å². The van der Waals surface area contributed by atoms with Crippen LogP contribution in [-0.4, -0.2) is 5.78 Å². The van der Waals surface area contributed by atoms with Gasteiger partial charge >= 0.3 is 0 Å². The lowest BCUT2D eigenvalue weighted by atomic mass is 9.90. The topological polar surface area (TPSA) is 40.9 Å². The minimum absolute atomic E-state index is 0.167. The van der Waals surface area contributed by atoms with Crippen molar-refractivity contribution in [3.8, 4) is 6.07 Å². The van der Waals surface area contributed by atoms with E-state index in [0.29, 0.717) is 5.56 Å². The molecule has 0 amide bonds. The Hall–Kier alpha value is -2.54. The molecule has 21 heavy (non-hydrogen) atoms. The lowest BCUT2D eigenvalue weighted by Gasteiger charge is -2.12. The van der Waals surface area contributed by atoms with Crippen molar-refractivity contribution >= 4 is 5.78 Å². The molecule has 1 atom stereocenters. The van der Waals surface area contributed by atoms with Crippen LogP contribution in [0, 0.1) is 36.8 Å². The van der Waals surface area contributed by atoms with Crippen LogP contribution in [0.15, 0.2) is 36.4 Å². The third-order valence-corrected chi connectivity index (χ3v) is 3.30. The second kappa shape index (κ2) is 5.84. The molecule has 0 aromatic heterocycles. The van der Waals surface area contributed by atoms with E-state index < -0.39 is 28.9 Å². The van der Waals surface area contributed by atoms with Gasteiger partial charge in [0, 0.05) is 0 Å². The summed E-state index contributed by atoms with van der Waals surface area (Å²) >= 11 is 0. The summed E-state index contributed by atoms with van der Waals surface area (Å²) in [6.07, 6.45) is 0. The van der Waals surface area contributed by atoms with Gasteiger partial charge in [-0.3, -0.25) is 4.79 Å². The van der Waals surface area contributed by atoms with Crippen LogP contribution < -0.4 is 0 Å². The molecular weight excluding hydrogens is 272 g/mol. The zero-order valence-corrected chi connectivity index (χ0v) is 11.7. The zero-order valence-electron chi connectivity index (χ0n) is 11.7. The third-order valence-electron chi connectivity index (χ3n) is 3.30. The Bertz CT molecular complexity index is 747. The molecule has 0 aliphatic carbocycles. The highest BCUT2D eigenvalue weighted by Gasteiger charge is 2.28. The zero-order chi connectivity index (χ0) is 15.6. The van der Waals surface area contributed by atoms with E-state index in [0.717, 1.165) is 11.6 Å². The largest absolute Gasteiger partial charge is 0.292 e. The van der Waals surface area contributed by atoms with Gasteiger partial charge in [-0.15, -0.1) is 0 Å². The Labute approximate surface area is 121 Å². The average molecular weight is 285 g/mol. The van der Waals surface area contributed by atoms with Gasteiger partial charge in [-0.25, -0.2) is 8.78 Å². The molecule has 0 saturated carbocycles. The number of nitrogens with zero attached hydrogens (tertiary/aromatic N) is 1. The number of ketones is 1. The predicted molar refractivity (Wildman–Crippen MR) is 75.0 cm³/mol. The summed E-state index contributed by atoms with van der Waals surface area (Å²) in [5.41, 5.74) is 0.817. The number of Topliss-reactive ketones (excluding diaryl/α,β-unsaturated/α-hetero) is 1. The van der Waals surface area contributed by atoms with Gasteiger partial charge < -0.3 is 0 Å². The van der Waals surface area contributed by atoms with Crippen molar-refractivity contribution in [1.82, 2.24) is 0 Å². The van der Waals surface area contributed by atoms with Gasteiger partial charge in [-0.2, -0.15) is 5.26 Å². The second-order valence-electron chi connectivity index (χ2n) is 4.89. The van der Waals surface area contributed by atoms with Gasteiger partial charge in [0.25, 0.3) is 0 Å². The van der Waals surface area contributed by atoms with Crippen molar-refractivity contribution in [2.45, 2.75) is 19.8 Å². The predicted octanol–water partition coefficient (Wildman–Crippen LogP) is 4.07. The van der Waals surface area contributed by atoms with E-state index in [1.807, 2.05) is 19.1 Å². The number of aryl methyl sites for hydroxylation is 2. The molecule has 0 bridgehead atoms. The maximum absolute atomic E-state index is 14.0. The molecule has 106 valence electrons. The Morgan fingerprint density at radius 1 is 1.19 bits per heavy atom. The van der Waals surface area contributed by atoms with Crippen LogP contribution in [0.5, 0.6) is 0 Å². The van der Waals surface area contributed by atoms with Crippen LogP contribution in [0.1, 0.15) is 33.0 Å². The quantitative estimate of drug-likeness (QED) is 0.797. The first-order valence-corrected chi connectivity index (χ1v) is 6.40. The van der Waals surface area contributed by atoms with Gasteiger partial charge in [-0.1, -0.05) is 35.9 Å². The molecule has 0 fully saturated rings. The monoisotopic (exact) mass is 285 g/mol. The summed E-state index contributed by atoms with van der Waals surface area (Å²) in [7, 11) is 0. The number of hydrogen-bond acceptors (Lipinski definition) is 2. The molecule has 0 saturated heterocycles. The Balaban J connectivity index is 2.53. The van der Waals surface area contributed by atoms with E-state index in [-0.39, 0.29) is 5.56 Å². The summed E-state index contributed by atoms with van der Waals surface area (Å²) in [5.74, 6) is -3.94. The van der Waals surface area contributed by atoms with Crippen molar-refractivity contribution in [2.24, 2.45) is 0 Å². The number of carbonyl (C=O) groups is 1. The summed E-state index contributed by atoms with van der Waals surface area (Å²) in [6.45, 7) is 3.26. The average Bonchev–Trinajstić information content (AvgIpc) is 2.44. The van der Waals surface area contributed by atoms with E-state index in [9.17, 15) is 18.8 Å². The van der Waals surface area contributed by atoms with E-state index in [4.69, 9.17) is 0 Å². The summed E-state index contributed by atoms with van der Waals surface area (Å²) < 4.78 is 27.8. The number of carbonyl (C=O) groups excluding carboxylic acids is 1. The molecule has 0 radical (unpaired) electrons. The first kappa shape index (κ1) is 14.9. The molecule has 2 rings (SSSR count). The number of rotatable bonds is 3. The molecule has 1 unspecified atom stereocenters. The fourth-order valence-corrected chi connectivity index (χ4v) is 2.16. The lowest BCUT2D eigenvalue weighted by Crippen LogP contribution is -2.15. The van der Waals surface area contributed by atoms with Crippen LogP contribution >= 0.6 is 0 Å². The highest BCUT2D eigenvalue weighted by molar-refractivity contribution is 6.03. The normalized spacial score (nSPS) is 11.8. The van der Waals surface area contributed by atoms with Crippen LogP contribution in [0.2, 0.25) is 0 Å². The van der Waals surface area contributed by atoms with Crippen molar-refractivity contribution in [3.63, 3.8) is 0 Å².